The van der Waals surface area contributed by atoms with Gasteiger partial charge >= 0.3 is 0 Å². The highest BCUT2D eigenvalue weighted by molar-refractivity contribution is 6.04. The number of carbonyl (C=O) groups is 2. The standard InChI is InChI=1S/C25H25N3O2/c1-19(29)28-17-7-16-27(23-10-5-6-11-24(23)28)18-20-12-14-21(15-13-20)25(30)26-22-8-3-2-4-9-22/h2-6,8-15H,7,16-18H2,1H3,(H,26,30). The molecule has 1 N–H and O–H groups in total. The molecule has 2 amide bonds. The Bertz CT molecular complexity index is 1030. The summed E-state index contributed by atoms with van der Waals surface area (Å²) < 4.78 is 0. The van der Waals surface area contributed by atoms with E-state index in [1.165, 1.54) is 0 Å². The molecule has 0 aromatic heterocycles. The smallest absolute Gasteiger partial charge is 0.255 e. The Morgan fingerprint density at radius 1 is 0.833 bits per heavy atom. The third-order valence-electron chi connectivity index (χ3n) is 5.32. The van der Waals surface area contributed by atoms with E-state index in [2.05, 4.69) is 16.3 Å². The van der Waals surface area contributed by atoms with Crippen molar-refractivity contribution >= 4 is 28.9 Å². The van der Waals surface area contributed by atoms with E-state index in [1.807, 2.05) is 77.7 Å². The van der Waals surface area contributed by atoms with Crippen LogP contribution in [0.1, 0.15) is 29.3 Å². The fourth-order valence-electron chi connectivity index (χ4n) is 3.82. The Morgan fingerprint density at radius 2 is 1.50 bits per heavy atom. The molecule has 0 unspecified atom stereocenters. The van der Waals surface area contributed by atoms with Crippen molar-refractivity contribution in [2.45, 2.75) is 19.9 Å². The lowest BCUT2D eigenvalue weighted by Gasteiger charge is -2.26. The molecular weight excluding hydrogens is 374 g/mol. The van der Waals surface area contributed by atoms with Gasteiger partial charge in [-0.2, -0.15) is 0 Å². The molecule has 0 saturated carbocycles. The summed E-state index contributed by atoms with van der Waals surface area (Å²) >= 11 is 0. The van der Waals surface area contributed by atoms with Crippen molar-refractivity contribution in [2.75, 3.05) is 28.2 Å². The first-order valence-corrected chi connectivity index (χ1v) is 10.2. The molecule has 3 aromatic carbocycles. The number of nitrogens with zero attached hydrogens (tertiary/aromatic N) is 2. The zero-order valence-corrected chi connectivity index (χ0v) is 17.0. The van der Waals surface area contributed by atoms with Gasteiger partial charge in [0.1, 0.15) is 0 Å². The second-order valence-electron chi connectivity index (χ2n) is 7.45. The number of rotatable bonds is 4. The monoisotopic (exact) mass is 399 g/mol. The van der Waals surface area contributed by atoms with Crippen LogP contribution >= 0.6 is 0 Å². The quantitative estimate of drug-likeness (QED) is 0.692. The number of anilines is 3. The topological polar surface area (TPSA) is 52.7 Å². The maximum absolute atomic E-state index is 12.5. The molecule has 5 heteroatoms. The SMILES string of the molecule is CC(=O)N1CCCN(Cc2ccc(C(=O)Nc3ccccc3)cc2)c2ccccc21. The van der Waals surface area contributed by atoms with Gasteiger partial charge in [0, 0.05) is 37.8 Å². The first-order chi connectivity index (χ1) is 14.6. The molecule has 1 heterocycles. The number of hydrogen-bond acceptors (Lipinski definition) is 3. The highest BCUT2D eigenvalue weighted by Crippen LogP contribution is 2.33. The van der Waals surface area contributed by atoms with Gasteiger partial charge in [0.05, 0.1) is 11.4 Å². The molecule has 4 rings (SSSR count). The number of carbonyl (C=O) groups excluding carboxylic acids is 2. The number of nitrogens with one attached hydrogen (secondary N) is 1. The normalized spacial score (nSPS) is 13.4. The van der Waals surface area contributed by atoms with Crippen LogP contribution in [0.25, 0.3) is 0 Å². The zero-order valence-electron chi connectivity index (χ0n) is 17.0. The second kappa shape index (κ2) is 8.82. The number of fused-ring (bicyclic) bond motifs is 1. The lowest BCUT2D eigenvalue weighted by Crippen LogP contribution is -2.28. The van der Waals surface area contributed by atoms with Crippen molar-refractivity contribution in [3.8, 4) is 0 Å². The van der Waals surface area contributed by atoms with Gasteiger partial charge in [-0.3, -0.25) is 9.59 Å². The lowest BCUT2D eigenvalue weighted by atomic mass is 10.1. The number of benzene rings is 3. The minimum absolute atomic E-state index is 0.0677. The fourth-order valence-corrected chi connectivity index (χ4v) is 3.82. The lowest BCUT2D eigenvalue weighted by molar-refractivity contribution is -0.116. The van der Waals surface area contributed by atoms with Crippen LogP contribution in [-0.4, -0.2) is 24.9 Å². The molecule has 1 aliphatic rings. The van der Waals surface area contributed by atoms with E-state index < -0.39 is 0 Å². The van der Waals surface area contributed by atoms with Gasteiger partial charge in [0.15, 0.2) is 0 Å². The van der Waals surface area contributed by atoms with Crippen LogP contribution in [0.5, 0.6) is 0 Å². The van der Waals surface area contributed by atoms with E-state index in [0.29, 0.717) is 5.56 Å². The molecule has 0 aliphatic carbocycles. The molecule has 0 bridgehead atoms. The van der Waals surface area contributed by atoms with E-state index in [0.717, 1.165) is 48.7 Å². The van der Waals surface area contributed by atoms with Crippen molar-refractivity contribution in [2.24, 2.45) is 0 Å². The summed E-state index contributed by atoms with van der Waals surface area (Å²) in [6, 6.07) is 25.2. The maximum Gasteiger partial charge on any atom is 0.255 e. The van der Waals surface area contributed by atoms with Gasteiger partial charge < -0.3 is 15.1 Å². The average Bonchev–Trinajstić information content (AvgIpc) is 2.95. The molecule has 0 spiro atoms. The Kier molecular flexibility index (Phi) is 5.80. The van der Waals surface area contributed by atoms with Crippen LogP contribution in [0.3, 0.4) is 0 Å². The van der Waals surface area contributed by atoms with E-state index in [-0.39, 0.29) is 11.8 Å². The first-order valence-electron chi connectivity index (χ1n) is 10.2. The van der Waals surface area contributed by atoms with E-state index >= 15 is 0 Å². The van der Waals surface area contributed by atoms with Crippen molar-refractivity contribution in [1.82, 2.24) is 0 Å². The predicted octanol–water partition coefficient (Wildman–Crippen LogP) is 4.70. The molecule has 5 nitrogen and oxygen atoms in total. The van der Waals surface area contributed by atoms with E-state index in [1.54, 1.807) is 6.92 Å². The Labute approximate surface area is 176 Å². The molecule has 152 valence electrons. The number of para-hydroxylation sites is 3. The van der Waals surface area contributed by atoms with Crippen molar-refractivity contribution in [1.29, 1.82) is 0 Å². The first kappa shape index (κ1) is 19.7. The summed E-state index contributed by atoms with van der Waals surface area (Å²) in [5.74, 6) is -0.0527. The largest absolute Gasteiger partial charge is 0.365 e. The molecule has 0 radical (unpaired) electrons. The van der Waals surface area contributed by atoms with E-state index in [4.69, 9.17) is 0 Å². The van der Waals surface area contributed by atoms with Gasteiger partial charge in [-0.05, 0) is 48.4 Å². The minimum Gasteiger partial charge on any atom is -0.365 e. The average molecular weight is 399 g/mol. The molecule has 1 aliphatic heterocycles. The minimum atomic E-state index is -0.120. The highest BCUT2D eigenvalue weighted by atomic mass is 16.2. The van der Waals surface area contributed by atoms with E-state index in [9.17, 15) is 9.59 Å². The molecule has 3 aromatic rings. The summed E-state index contributed by atoms with van der Waals surface area (Å²) in [5, 5.41) is 2.91. The van der Waals surface area contributed by atoms with Crippen molar-refractivity contribution in [3.05, 3.63) is 90.0 Å². The van der Waals surface area contributed by atoms with Gasteiger partial charge in [0.25, 0.3) is 5.91 Å². The molecule has 0 saturated heterocycles. The Morgan fingerprint density at radius 3 is 2.20 bits per heavy atom. The summed E-state index contributed by atoms with van der Waals surface area (Å²) in [7, 11) is 0. The van der Waals surface area contributed by atoms with Crippen molar-refractivity contribution < 1.29 is 9.59 Å². The van der Waals surface area contributed by atoms with Crippen molar-refractivity contribution in [3.63, 3.8) is 0 Å². The van der Waals surface area contributed by atoms with Crippen LogP contribution in [0.4, 0.5) is 17.1 Å². The van der Waals surface area contributed by atoms with Crippen LogP contribution in [0, 0.1) is 0 Å². The molecule has 30 heavy (non-hydrogen) atoms. The maximum atomic E-state index is 12.5. The molecule has 0 atom stereocenters. The molecule has 0 fully saturated rings. The summed E-state index contributed by atoms with van der Waals surface area (Å²) in [4.78, 5) is 28.7. The zero-order chi connectivity index (χ0) is 20.9. The third-order valence-corrected chi connectivity index (χ3v) is 5.32. The van der Waals surface area contributed by atoms with Crippen LogP contribution in [-0.2, 0) is 11.3 Å². The number of hydrogen-bond donors (Lipinski definition) is 1. The summed E-state index contributed by atoms with van der Waals surface area (Å²) in [6.07, 6.45) is 0.909. The number of amides is 2. The Balaban J connectivity index is 1.49. The van der Waals surface area contributed by atoms with Gasteiger partial charge in [-0.15, -0.1) is 0 Å². The predicted molar refractivity (Wildman–Crippen MR) is 121 cm³/mol. The van der Waals surface area contributed by atoms with Gasteiger partial charge in [-0.1, -0.05) is 42.5 Å². The second-order valence-corrected chi connectivity index (χ2v) is 7.45. The molecular formula is C25H25N3O2. The fraction of sp³-hybridized carbons (Fsp3) is 0.200. The summed E-state index contributed by atoms with van der Waals surface area (Å²) in [6.45, 7) is 3.94. The summed E-state index contributed by atoms with van der Waals surface area (Å²) in [5.41, 5.74) is 4.55. The third kappa shape index (κ3) is 4.35. The Hall–Kier alpha value is -3.60. The van der Waals surface area contributed by atoms with Crippen LogP contribution in [0.15, 0.2) is 78.9 Å². The van der Waals surface area contributed by atoms with Gasteiger partial charge in [0.2, 0.25) is 5.91 Å². The highest BCUT2D eigenvalue weighted by Gasteiger charge is 2.22. The van der Waals surface area contributed by atoms with Gasteiger partial charge in [-0.25, -0.2) is 0 Å². The van der Waals surface area contributed by atoms with Crippen LogP contribution in [0.2, 0.25) is 0 Å². The van der Waals surface area contributed by atoms with Crippen LogP contribution < -0.4 is 15.1 Å².